The third kappa shape index (κ3) is 2.44. The Balaban J connectivity index is 2.10. The minimum absolute atomic E-state index is 0.0119. The maximum atomic E-state index is 12.6. The van der Waals surface area contributed by atoms with Crippen LogP contribution >= 0.6 is 11.3 Å². The highest BCUT2D eigenvalue weighted by Crippen LogP contribution is 2.34. The van der Waals surface area contributed by atoms with E-state index in [0.29, 0.717) is 10.6 Å². The van der Waals surface area contributed by atoms with Crippen molar-refractivity contribution < 1.29 is 23.9 Å². The topological polar surface area (TPSA) is 87.5 Å². The zero-order valence-electron chi connectivity index (χ0n) is 13.3. The van der Waals surface area contributed by atoms with Crippen molar-refractivity contribution in [2.75, 3.05) is 13.7 Å². The third-order valence-electron chi connectivity index (χ3n) is 3.57. The molecule has 0 unspecified atom stereocenters. The lowest BCUT2D eigenvalue weighted by molar-refractivity contribution is 0.0520. The molecule has 1 aliphatic rings. The number of nitrogens with zero attached hydrogens (tertiary/aromatic N) is 2. The maximum absolute atomic E-state index is 12.6. The number of aryl methyl sites for hydroxylation is 1. The SMILES string of the molecule is CCOC(=O)c1csc(-c2cn(C)c3c2C(=O)C(OC)=CC3=O)n1. The largest absolute Gasteiger partial charge is 0.492 e. The van der Waals surface area contributed by atoms with E-state index in [1.54, 1.807) is 30.1 Å². The van der Waals surface area contributed by atoms with Crippen LogP contribution in [0.1, 0.15) is 38.3 Å². The molecule has 2 heterocycles. The summed E-state index contributed by atoms with van der Waals surface area (Å²) in [6, 6.07) is 0. The Kier molecular flexibility index (Phi) is 4.06. The van der Waals surface area contributed by atoms with Crippen LogP contribution in [0, 0.1) is 0 Å². The van der Waals surface area contributed by atoms with Crippen LogP contribution in [0.3, 0.4) is 0 Å². The average Bonchev–Trinajstić information content (AvgIpc) is 3.16. The molecule has 1 aliphatic carbocycles. The summed E-state index contributed by atoms with van der Waals surface area (Å²) in [5.41, 5.74) is 1.19. The fourth-order valence-electron chi connectivity index (χ4n) is 2.54. The van der Waals surface area contributed by atoms with E-state index in [2.05, 4.69) is 4.98 Å². The molecule has 24 heavy (non-hydrogen) atoms. The lowest BCUT2D eigenvalue weighted by atomic mass is 9.97. The van der Waals surface area contributed by atoms with Crippen molar-refractivity contribution in [1.82, 2.24) is 9.55 Å². The molecule has 0 aliphatic heterocycles. The van der Waals surface area contributed by atoms with Crippen LogP contribution in [-0.2, 0) is 16.5 Å². The number of carbonyl (C=O) groups excluding carboxylic acids is 3. The number of ether oxygens (including phenoxy) is 2. The van der Waals surface area contributed by atoms with Gasteiger partial charge in [-0.2, -0.15) is 0 Å². The van der Waals surface area contributed by atoms with E-state index in [-0.39, 0.29) is 40.9 Å². The Hall–Kier alpha value is -2.74. The number of hydrogen-bond acceptors (Lipinski definition) is 7. The smallest absolute Gasteiger partial charge is 0.357 e. The molecule has 0 atom stereocenters. The van der Waals surface area contributed by atoms with Gasteiger partial charge in [0, 0.05) is 30.3 Å². The van der Waals surface area contributed by atoms with E-state index >= 15 is 0 Å². The highest BCUT2D eigenvalue weighted by molar-refractivity contribution is 7.13. The van der Waals surface area contributed by atoms with Gasteiger partial charge >= 0.3 is 5.97 Å². The summed E-state index contributed by atoms with van der Waals surface area (Å²) < 4.78 is 11.5. The number of thiazole rings is 1. The van der Waals surface area contributed by atoms with Gasteiger partial charge in [-0.1, -0.05) is 0 Å². The van der Waals surface area contributed by atoms with Gasteiger partial charge in [-0.3, -0.25) is 9.59 Å². The number of carbonyl (C=O) groups is 3. The second-order valence-corrected chi connectivity index (χ2v) is 5.90. The highest BCUT2D eigenvalue weighted by atomic mass is 32.1. The first-order chi connectivity index (χ1) is 11.5. The lowest BCUT2D eigenvalue weighted by Crippen LogP contribution is -2.19. The first kappa shape index (κ1) is 16.1. The molecule has 2 aromatic rings. The Labute approximate surface area is 141 Å². The van der Waals surface area contributed by atoms with Crippen LogP contribution in [0.4, 0.5) is 0 Å². The molecule has 8 heteroatoms. The Morgan fingerprint density at radius 1 is 1.38 bits per heavy atom. The molecular weight excluding hydrogens is 332 g/mol. The van der Waals surface area contributed by atoms with E-state index < -0.39 is 5.97 Å². The molecular formula is C16H14N2O5S. The standard InChI is InChI=1S/C16H14N2O5S/c1-4-23-16(21)9-7-24-15(17-9)8-6-18(2)13-10(19)5-11(22-3)14(20)12(8)13/h5-7H,4H2,1-3H3. The van der Waals surface area contributed by atoms with Gasteiger partial charge in [0.1, 0.15) is 10.7 Å². The van der Waals surface area contributed by atoms with Crippen molar-refractivity contribution >= 4 is 28.9 Å². The molecule has 0 amide bonds. The third-order valence-corrected chi connectivity index (χ3v) is 4.44. The first-order valence-electron chi connectivity index (χ1n) is 7.15. The van der Waals surface area contributed by atoms with Crippen molar-refractivity contribution in [3.63, 3.8) is 0 Å². The van der Waals surface area contributed by atoms with Crippen LogP contribution in [-0.4, -0.2) is 40.8 Å². The highest BCUT2D eigenvalue weighted by Gasteiger charge is 2.33. The van der Waals surface area contributed by atoms with Crippen molar-refractivity contribution in [2.24, 2.45) is 7.05 Å². The van der Waals surface area contributed by atoms with Crippen molar-refractivity contribution in [3.05, 3.63) is 40.4 Å². The molecule has 124 valence electrons. The summed E-state index contributed by atoms with van der Waals surface area (Å²) in [6.07, 6.45) is 2.83. The molecule has 0 N–H and O–H groups in total. The minimum Gasteiger partial charge on any atom is -0.492 e. The summed E-state index contributed by atoms with van der Waals surface area (Å²) in [5.74, 6) is -1.22. The molecule has 7 nitrogen and oxygen atoms in total. The summed E-state index contributed by atoms with van der Waals surface area (Å²) >= 11 is 1.21. The van der Waals surface area contributed by atoms with Crippen molar-refractivity contribution in [1.29, 1.82) is 0 Å². The first-order valence-corrected chi connectivity index (χ1v) is 8.03. The molecule has 0 fully saturated rings. The van der Waals surface area contributed by atoms with E-state index in [4.69, 9.17) is 9.47 Å². The van der Waals surface area contributed by atoms with Gasteiger partial charge in [0.15, 0.2) is 11.5 Å². The normalized spacial score (nSPS) is 13.5. The number of methoxy groups -OCH3 is 1. The number of allylic oxidation sites excluding steroid dienone is 2. The van der Waals surface area contributed by atoms with E-state index in [0.717, 1.165) is 0 Å². The molecule has 0 saturated heterocycles. The predicted octanol–water partition coefficient (Wildman–Crippen LogP) is 2.23. The fourth-order valence-corrected chi connectivity index (χ4v) is 3.34. The summed E-state index contributed by atoms with van der Waals surface area (Å²) in [4.78, 5) is 40.8. The Morgan fingerprint density at radius 2 is 2.12 bits per heavy atom. The molecule has 0 spiro atoms. The number of Topliss-reactive ketones (excluding diaryl/α,β-unsaturated/α-hetero) is 1. The van der Waals surface area contributed by atoms with Crippen LogP contribution < -0.4 is 0 Å². The number of hydrogen-bond donors (Lipinski definition) is 0. The van der Waals surface area contributed by atoms with Gasteiger partial charge in [-0.25, -0.2) is 9.78 Å². The fraction of sp³-hybridized carbons (Fsp3) is 0.250. The maximum Gasteiger partial charge on any atom is 0.357 e. The van der Waals surface area contributed by atoms with Gasteiger partial charge in [0.2, 0.25) is 11.6 Å². The summed E-state index contributed by atoms with van der Waals surface area (Å²) in [6.45, 7) is 1.96. The van der Waals surface area contributed by atoms with Crippen LogP contribution in [0.5, 0.6) is 0 Å². The second kappa shape index (κ2) is 6.04. The second-order valence-electron chi connectivity index (χ2n) is 5.04. The Morgan fingerprint density at radius 3 is 2.79 bits per heavy atom. The van der Waals surface area contributed by atoms with E-state index in [9.17, 15) is 14.4 Å². The monoisotopic (exact) mass is 346 g/mol. The van der Waals surface area contributed by atoms with Crippen molar-refractivity contribution in [3.8, 4) is 10.6 Å². The number of fused-ring (bicyclic) bond motifs is 1. The predicted molar refractivity (Wildman–Crippen MR) is 86.2 cm³/mol. The van der Waals surface area contributed by atoms with Crippen LogP contribution in [0.25, 0.3) is 10.6 Å². The van der Waals surface area contributed by atoms with Gasteiger partial charge in [-0.15, -0.1) is 11.3 Å². The quantitative estimate of drug-likeness (QED) is 0.789. The molecule has 3 rings (SSSR count). The van der Waals surface area contributed by atoms with Gasteiger partial charge in [0.25, 0.3) is 0 Å². The molecule has 0 radical (unpaired) electrons. The van der Waals surface area contributed by atoms with Crippen LogP contribution in [0.2, 0.25) is 0 Å². The number of esters is 1. The van der Waals surface area contributed by atoms with Crippen molar-refractivity contribution in [2.45, 2.75) is 6.92 Å². The zero-order valence-corrected chi connectivity index (χ0v) is 14.1. The van der Waals surface area contributed by atoms with Gasteiger partial charge < -0.3 is 14.0 Å². The number of aromatic nitrogens is 2. The zero-order chi connectivity index (χ0) is 17.4. The van der Waals surface area contributed by atoms with Gasteiger partial charge in [0.05, 0.1) is 19.3 Å². The average molecular weight is 346 g/mol. The Bertz CT molecular complexity index is 890. The summed E-state index contributed by atoms with van der Waals surface area (Å²) in [5, 5.41) is 2.03. The summed E-state index contributed by atoms with van der Waals surface area (Å²) in [7, 11) is 3.02. The van der Waals surface area contributed by atoms with Crippen LogP contribution in [0.15, 0.2) is 23.4 Å². The lowest BCUT2D eigenvalue weighted by Gasteiger charge is -2.12. The minimum atomic E-state index is -0.523. The molecule has 0 saturated carbocycles. The number of ketones is 2. The number of rotatable bonds is 4. The van der Waals surface area contributed by atoms with E-state index in [1.165, 1.54) is 24.5 Å². The molecule has 0 aromatic carbocycles. The van der Waals surface area contributed by atoms with E-state index in [1.807, 2.05) is 0 Å². The molecule has 2 aromatic heterocycles. The molecule has 0 bridgehead atoms. The van der Waals surface area contributed by atoms with Gasteiger partial charge in [-0.05, 0) is 6.92 Å².